The fraction of sp³-hybridized carbons (Fsp3) is 0.480. The van der Waals surface area contributed by atoms with Crippen LogP contribution in [0.3, 0.4) is 0 Å². The molecular formula is C25H29NO. The number of rotatable bonds is 3. The Balaban J connectivity index is 1.47. The Bertz CT molecular complexity index is 867. The molecule has 0 spiro atoms. The van der Waals surface area contributed by atoms with Crippen molar-refractivity contribution in [2.24, 2.45) is 17.3 Å². The molecule has 2 heteroatoms. The Morgan fingerprint density at radius 2 is 1.63 bits per heavy atom. The first kappa shape index (κ1) is 17.0. The van der Waals surface area contributed by atoms with Crippen LogP contribution in [0.15, 0.2) is 48.5 Å². The summed E-state index contributed by atoms with van der Waals surface area (Å²) >= 11 is 0. The van der Waals surface area contributed by atoms with Crippen molar-refractivity contribution >= 4 is 11.6 Å². The maximum Gasteiger partial charge on any atom is 0.230 e. The summed E-state index contributed by atoms with van der Waals surface area (Å²) in [6, 6.07) is 17.3. The molecule has 0 heterocycles. The van der Waals surface area contributed by atoms with Crippen LogP contribution in [0.25, 0.3) is 0 Å². The molecule has 0 saturated heterocycles. The fourth-order valence-corrected chi connectivity index (χ4v) is 6.76. The van der Waals surface area contributed by atoms with Crippen LogP contribution in [0.2, 0.25) is 0 Å². The van der Waals surface area contributed by atoms with Crippen molar-refractivity contribution in [2.45, 2.75) is 57.8 Å². The minimum Gasteiger partial charge on any atom is -0.326 e. The monoisotopic (exact) mass is 359 g/mol. The van der Waals surface area contributed by atoms with Crippen LogP contribution in [-0.2, 0) is 10.2 Å². The van der Waals surface area contributed by atoms with Crippen molar-refractivity contribution in [1.82, 2.24) is 0 Å². The van der Waals surface area contributed by atoms with Gasteiger partial charge in [-0.3, -0.25) is 4.79 Å². The molecule has 2 aromatic carbocycles. The third kappa shape index (κ3) is 2.81. The SMILES string of the molecule is Cc1ccc(C23C[C@@H]4C[C@@H](CC(C(=O)Nc5cccc(C)c5)(C4)C2)C3)cc1. The van der Waals surface area contributed by atoms with Gasteiger partial charge in [-0.2, -0.15) is 0 Å². The summed E-state index contributed by atoms with van der Waals surface area (Å²) in [5.41, 5.74) is 4.94. The Morgan fingerprint density at radius 3 is 2.30 bits per heavy atom. The first-order valence-corrected chi connectivity index (χ1v) is 10.4. The zero-order valence-corrected chi connectivity index (χ0v) is 16.4. The molecule has 4 aliphatic carbocycles. The van der Waals surface area contributed by atoms with Crippen molar-refractivity contribution < 1.29 is 4.79 Å². The summed E-state index contributed by atoms with van der Waals surface area (Å²) in [6.07, 6.45) is 7.04. The van der Waals surface area contributed by atoms with E-state index in [2.05, 4.69) is 55.6 Å². The van der Waals surface area contributed by atoms with E-state index in [1.165, 1.54) is 36.0 Å². The third-order valence-corrected chi connectivity index (χ3v) is 7.48. The van der Waals surface area contributed by atoms with Gasteiger partial charge in [-0.15, -0.1) is 0 Å². The van der Waals surface area contributed by atoms with Crippen LogP contribution in [0.4, 0.5) is 5.69 Å². The van der Waals surface area contributed by atoms with Crippen molar-refractivity contribution in [1.29, 1.82) is 0 Å². The lowest BCUT2D eigenvalue weighted by molar-refractivity contribution is -0.143. The van der Waals surface area contributed by atoms with E-state index < -0.39 is 0 Å². The average molecular weight is 360 g/mol. The molecule has 27 heavy (non-hydrogen) atoms. The van der Waals surface area contributed by atoms with Gasteiger partial charge in [0.1, 0.15) is 0 Å². The highest BCUT2D eigenvalue weighted by Gasteiger charge is 2.60. The van der Waals surface area contributed by atoms with Gasteiger partial charge in [-0.05, 0) is 92.9 Å². The Morgan fingerprint density at radius 1 is 0.926 bits per heavy atom. The number of benzene rings is 2. The third-order valence-electron chi connectivity index (χ3n) is 7.48. The summed E-state index contributed by atoms with van der Waals surface area (Å²) in [7, 11) is 0. The van der Waals surface area contributed by atoms with Crippen LogP contribution in [0.5, 0.6) is 0 Å². The second-order valence-corrected chi connectivity index (χ2v) is 9.71. The van der Waals surface area contributed by atoms with E-state index >= 15 is 0 Å². The Labute approximate surface area is 162 Å². The van der Waals surface area contributed by atoms with Crippen LogP contribution >= 0.6 is 0 Å². The second-order valence-electron chi connectivity index (χ2n) is 9.71. The van der Waals surface area contributed by atoms with Gasteiger partial charge in [0.15, 0.2) is 0 Å². The quantitative estimate of drug-likeness (QED) is 0.739. The lowest BCUT2D eigenvalue weighted by Gasteiger charge is -2.61. The lowest BCUT2D eigenvalue weighted by Crippen LogP contribution is -2.57. The number of amides is 1. The van der Waals surface area contributed by atoms with Crippen LogP contribution in [0.1, 0.15) is 55.2 Å². The van der Waals surface area contributed by atoms with E-state index in [1.807, 2.05) is 12.1 Å². The van der Waals surface area contributed by atoms with E-state index in [1.54, 1.807) is 0 Å². The topological polar surface area (TPSA) is 29.1 Å². The largest absolute Gasteiger partial charge is 0.326 e. The van der Waals surface area contributed by atoms with Gasteiger partial charge in [-0.1, -0.05) is 42.0 Å². The van der Waals surface area contributed by atoms with Gasteiger partial charge in [0, 0.05) is 5.69 Å². The minimum atomic E-state index is -0.182. The average Bonchev–Trinajstić information content (AvgIpc) is 2.61. The number of hydrogen-bond acceptors (Lipinski definition) is 1. The number of carbonyl (C=O) groups is 1. The van der Waals surface area contributed by atoms with Crippen LogP contribution < -0.4 is 5.32 Å². The van der Waals surface area contributed by atoms with E-state index in [-0.39, 0.29) is 16.7 Å². The molecule has 2 nitrogen and oxygen atoms in total. The van der Waals surface area contributed by atoms with Crippen molar-refractivity contribution in [3.63, 3.8) is 0 Å². The maximum absolute atomic E-state index is 13.5. The summed E-state index contributed by atoms with van der Waals surface area (Å²) in [6.45, 7) is 4.23. The first-order valence-electron chi connectivity index (χ1n) is 10.4. The number of hydrogen-bond donors (Lipinski definition) is 1. The molecule has 0 aromatic heterocycles. The summed E-state index contributed by atoms with van der Waals surface area (Å²) in [5.74, 6) is 1.67. The normalized spacial score (nSPS) is 33.9. The molecule has 2 unspecified atom stereocenters. The van der Waals surface area contributed by atoms with Gasteiger partial charge in [0.2, 0.25) is 5.91 Å². The fourth-order valence-electron chi connectivity index (χ4n) is 6.76. The molecule has 4 saturated carbocycles. The smallest absolute Gasteiger partial charge is 0.230 e. The minimum absolute atomic E-state index is 0.182. The summed E-state index contributed by atoms with van der Waals surface area (Å²) in [4.78, 5) is 13.5. The zero-order valence-electron chi connectivity index (χ0n) is 16.4. The van der Waals surface area contributed by atoms with Gasteiger partial charge in [0.25, 0.3) is 0 Å². The van der Waals surface area contributed by atoms with Crippen LogP contribution in [0, 0.1) is 31.1 Å². The predicted octanol–water partition coefficient (Wildman–Crippen LogP) is 5.78. The lowest BCUT2D eigenvalue weighted by atomic mass is 9.42. The molecule has 6 rings (SSSR count). The molecule has 2 aromatic rings. The molecule has 1 amide bonds. The molecule has 4 aliphatic rings. The van der Waals surface area contributed by atoms with Crippen molar-refractivity contribution in [3.8, 4) is 0 Å². The molecule has 4 bridgehead atoms. The zero-order chi connectivity index (χ0) is 18.6. The number of nitrogens with one attached hydrogen (secondary N) is 1. The molecule has 1 N–H and O–H groups in total. The summed E-state index contributed by atoms with van der Waals surface area (Å²) < 4.78 is 0. The van der Waals surface area contributed by atoms with Gasteiger partial charge < -0.3 is 5.32 Å². The molecule has 0 aliphatic heterocycles. The van der Waals surface area contributed by atoms with E-state index in [9.17, 15) is 4.79 Å². The van der Waals surface area contributed by atoms with Crippen molar-refractivity contribution in [2.75, 3.05) is 5.32 Å². The number of anilines is 1. The Kier molecular flexibility index (Phi) is 3.76. The van der Waals surface area contributed by atoms with Gasteiger partial charge >= 0.3 is 0 Å². The first-order chi connectivity index (χ1) is 13.0. The predicted molar refractivity (Wildman–Crippen MR) is 110 cm³/mol. The number of aryl methyl sites for hydroxylation is 2. The molecular weight excluding hydrogens is 330 g/mol. The highest BCUT2D eigenvalue weighted by Crippen LogP contribution is 2.66. The van der Waals surface area contributed by atoms with E-state index in [0.29, 0.717) is 11.8 Å². The maximum atomic E-state index is 13.5. The highest BCUT2D eigenvalue weighted by atomic mass is 16.2. The van der Waals surface area contributed by atoms with E-state index in [0.717, 1.165) is 24.9 Å². The van der Waals surface area contributed by atoms with Crippen molar-refractivity contribution in [3.05, 3.63) is 65.2 Å². The van der Waals surface area contributed by atoms with Gasteiger partial charge in [-0.25, -0.2) is 0 Å². The van der Waals surface area contributed by atoms with Gasteiger partial charge in [0.05, 0.1) is 5.41 Å². The van der Waals surface area contributed by atoms with E-state index in [4.69, 9.17) is 0 Å². The molecule has 0 radical (unpaired) electrons. The standard InChI is InChI=1S/C25H29NO/c1-17-6-8-21(9-7-17)24-12-19-11-20(13-24)15-25(14-19,16-24)23(27)26-22-5-3-4-18(2)10-22/h3-10,19-20H,11-16H2,1-2H3,(H,26,27)/t19-,20+,24?,25?. The molecule has 140 valence electrons. The summed E-state index contributed by atoms with van der Waals surface area (Å²) in [5, 5.41) is 3.28. The molecule has 4 fully saturated rings. The number of carbonyl (C=O) groups excluding carboxylic acids is 1. The van der Waals surface area contributed by atoms with Crippen LogP contribution in [-0.4, -0.2) is 5.91 Å². The second kappa shape index (κ2) is 5.95. The molecule has 4 atom stereocenters. The Hall–Kier alpha value is -2.09. The highest BCUT2D eigenvalue weighted by molar-refractivity contribution is 5.96.